The van der Waals surface area contributed by atoms with Crippen molar-refractivity contribution in [2.45, 2.75) is 31.6 Å². The van der Waals surface area contributed by atoms with Gasteiger partial charge in [0, 0.05) is 18.4 Å². The summed E-state index contributed by atoms with van der Waals surface area (Å²) in [6, 6.07) is 1.93. The number of hydrogen-bond donors (Lipinski definition) is 0. The second-order valence-electron chi connectivity index (χ2n) is 4.42. The number of hydrogen-bond acceptors (Lipinski definition) is 0. The van der Waals surface area contributed by atoms with Gasteiger partial charge in [0.05, 0.1) is 0 Å². The Kier molecular flexibility index (Phi) is 3.41. The monoisotopic (exact) mass is 262 g/mol. The SMILES string of the molecule is Fc1ccc(C=C2CCC(F)(F)CC2)c(F)c1F. The van der Waals surface area contributed by atoms with Crippen molar-refractivity contribution in [1.82, 2.24) is 0 Å². The van der Waals surface area contributed by atoms with E-state index in [1.807, 2.05) is 0 Å². The predicted molar refractivity (Wildman–Crippen MR) is 57.7 cm³/mol. The Morgan fingerprint density at radius 1 is 0.944 bits per heavy atom. The standard InChI is InChI=1S/C13H11F5/c14-10-2-1-9(11(15)12(10)16)7-8-3-5-13(17,18)6-4-8/h1-2,7H,3-6H2. The minimum atomic E-state index is -2.68. The van der Waals surface area contributed by atoms with Gasteiger partial charge in [0.15, 0.2) is 17.5 Å². The summed E-state index contributed by atoms with van der Waals surface area (Å²) in [5.41, 5.74) is 0.528. The first-order valence-corrected chi connectivity index (χ1v) is 5.60. The molecule has 0 spiro atoms. The number of alkyl halides is 2. The van der Waals surface area contributed by atoms with Crippen LogP contribution in [0.15, 0.2) is 17.7 Å². The van der Waals surface area contributed by atoms with E-state index in [9.17, 15) is 22.0 Å². The second-order valence-corrected chi connectivity index (χ2v) is 4.42. The van der Waals surface area contributed by atoms with Crippen molar-refractivity contribution in [3.05, 3.63) is 40.7 Å². The molecule has 0 atom stereocenters. The summed E-state index contributed by atoms with van der Waals surface area (Å²) >= 11 is 0. The first-order valence-electron chi connectivity index (χ1n) is 5.60. The third-order valence-corrected chi connectivity index (χ3v) is 3.05. The van der Waals surface area contributed by atoms with Crippen LogP contribution in [0.2, 0.25) is 0 Å². The van der Waals surface area contributed by atoms with Gasteiger partial charge in [0.1, 0.15) is 0 Å². The van der Waals surface area contributed by atoms with Gasteiger partial charge in [-0.3, -0.25) is 0 Å². The van der Waals surface area contributed by atoms with Gasteiger partial charge in [-0.15, -0.1) is 0 Å². The fourth-order valence-corrected chi connectivity index (χ4v) is 1.95. The van der Waals surface area contributed by atoms with E-state index in [0.717, 1.165) is 12.1 Å². The first-order chi connectivity index (χ1) is 8.39. The molecule has 0 unspecified atom stereocenters. The van der Waals surface area contributed by atoms with E-state index in [1.54, 1.807) is 0 Å². The molecule has 1 saturated carbocycles. The highest BCUT2D eigenvalue weighted by molar-refractivity contribution is 5.54. The first kappa shape index (κ1) is 13.1. The fraction of sp³-hybridized carbons (Fsp3) is 0.385. The molecule has 1 aliphatic carbocycles. The Balaban J connectivity index is 2.22. The predicted octanol–water partition coefficient (Wildman–Crippen LogP) is 4.70. The molecule has 0 saturated heterocycles. The number of rotatable bonds is 1. The zero-order chi connectivity index (χ0) is 13.3. The minimum Gasteiger partial charge on any atom is -0.207 e. The van der Waals surface area contributed by atoms with Gasteiger partial charge >= 0.3 is 0 Å². The molecule has 0 aliphatic heterocycles. The minimum absolute atomic E-state index is 0.103. The lowest BCUT2D eigenvalue weighted by molar-refractivity contribution is -0.0243. The molecular formula is C13H11F5. The van der Waals surface area contributed by atoms with Crippen LogP contribution in [0.1, 0.15) is 31.2 Å². The highest BCUT2D eigenvalue weighted by atomic mass is 19.3. The van der Waals surface area contributed by atoms with Crippen molar-refractivity contribution in [1.29, 1.82) is 0 Å². The maximum absolute atomic E-state index is 13.4. The number of halogens is 5. The van der Waals surface area contributed by atoms with Gasteiger partial charge in [-0.1, -0.05) is 11.6 Å². The third kappa shape index (κ3) is 2.71. The molecule has 0 heterocycles. The molecule has 5 heteroatoms. The molecule has 1 fully saturated rings. The summed E-state index contributed by atoms with van der Waals surface area (Å²) in [4.78, 5) is 0. The van der Waals surface area contributed by atoms with E-state index >= 15 is 0 Å². The maximum atomic E-state index is 13.4. The Hall–Kier alpha value is -1.39. The quantitative estimate of drug-likeness (QED) is 0.508. The lowest BCUT2D eigenvalue weighted by atomic mass is 9.90. The topological polar surface area (TPSA) is 0 Å². The molecule has 18 heavy (non-hydrogen) atoms. The van der Waals surface area contributed by atoms with E-state index in [2.05, 4.69) is 0 Å². The Morgan fingerprint density at radius 2 is 1.56 bits per heavy atom. The molecule has 0 amide bonds. The number of allylic oxidation sites excluding steroid dienone is 1. The second kappa shape index (κ2) is 4.71. The van der Waals surface area contributed by atoms with E-state index in [0.29, 0.717) is 5.57 Å². The fourth-order valence-electron chi connectivity index (χ4n) is 1.95. The molecular weight excluding hydrogens is 251 g/mol. The van der Waals surface area contributed by atoms with Gasteiger partial charge in [0.25, 0.3) is 0 Å². The zero-order valence-corrected chi connectivity index (χ0v) is 9.45. The zero-order valence-electron chi connectivity index (χ0n) is 9.45. The number of benzene rings is 1. The lowest BCUT2D eigenvalue weighted by Crippen LogP contribution is -2.20. The molecule has 1 aliphatic rings. The molecule has 0 bridgehead atoms. The highest BCUT2D eigenvalue weighted by Gasteiger charge is 2.32. The van der Waals surface area contributed by atoms with Crippen LogP contribution >= 0.6 is 0 Å². The molecule has 0 radical (unpaired) electrons. The van der Waals surface area contributed by atoms with Gasteiger partial charge in [0.2, 0.25) is 5.92 Å². The molecule has 0 N–H and O–H groups in total. The highest BCUT2D eigenvalue weighted by Crippen LogP contribution is 2.36. The van der Waals surface area contributed by atoms with E-state index < -0.39 is 23.4 Å². The van der Waals surface area contributed by atoms with Gasteiger partial charge in [-0.2, -0.15) is 0 Å². The lowest BCUT2D eigenvalue weighted by Gasteiger charge is -2.23. The largest absolute Gasteiger partial charge is 0.248 e. The Morgan fingerprint density at radius 3 is 2.17 bits per heavy atom. The van der Waals surface area contributed by atoms with E-state index in [4.69, 9.17) is 0 Å². The molecule has 0 aromatic heterocycles. The van der Waals surface area contributed by atoms with Gasteiger partial charge in [-0.25, -0.2) is 22.0 Å². The van der Waals surface area contributed by atoms with Crippen LogP contribution in [0.3, 0.4) is 0 Å². The molecule has 98 valence electrons. The summed E-state index contributed by atoms with van der Waals surface area (Å²) < 4.78 is 64.8. The summed E-state index contributed by atoms with van der Waals surface area (Å²) in [6.07, 6.45) is 1.04. The van der Waals surface area contributed by atoms with Crippen LogP contribution in [-0.4, -0.2) is 5.92 Å². The van der Waals surface area contributed by atoms with Crippen LogP contribution in [0.5, 0.6) is 0 Å². The summed E-state index contributed by atoms with van der Waals surface area (Å²) in [5, 5.41) is 0. The average Bonchev–Trinajstić information content (AvgIpc) is 2.32. The maximum Gasteiger partial charge on any atom is 0.248 e. The molecule has 1 aromatic carbocycles. The van der Waals surface area contributed by atoms with Crippen LogP contribution in [0.4, 0.5) is 22.0 Å². The van der Waals surface area contributed by atoms with Crippen LogP contribution in [-0.2, 0) is 0 Å². The van der Waals surface area contributed by atoms with Crippen LogP contribution < -0.4 is 0 Å². The van der Waals surface area contributed by atoms with Crippen molar-refractivity contribution in [2.75, 3.05) is 0 Å². The normalized spacial score (nSPS) is 18.8. The van der Waals surface area contributed by atoms with Crippen molar-refractivity contribution in [3.63, 3.8) is 0 Å². The molecule has 2 rings (SSSR count). The van der Waals surface area contributed by atoms with Crippen molar-refractivity contribution < 1.29 is 22.0 Å². The summed E-state index contributed by atoms with van der Waals surface area (Å²) in [6.45, 7) is 0. The van der Waals surface area contributed by atoms with Crippen LogP contribution in [0, 0.1) is 17.5 Å². The van der Waals surface area contributed by atoms with Crippen molar-refractivity contribution in [3.8, 4) is 0 Å². The summed E-state index contributed by atoms with van der Waals surface area (Å²) in [5.74, 6) is -6.75. The molecule has 0 nitrogen and oxygen atoms in total. The average molecular weight is 262 g/mol. The Labute approximate surface area is 101 Å². The summed E-state index contributed by atoms with van der Waals surface area (Å²) in [7, 11) is 0. The Bertz CT molecular complexity index is 478. The third-order valence-electron chi connectivity index (χ3n) is 3.05. The molecule has 1 aromatic rings. The van der Waals surface area contributed by atoms with Crippen LogP contribution in [0.25, 0.3) is 6.08 Å². The van der Waals surface area contributed by atoms with Gasteiger partial charge in [-0.05, 0) is 25.0 Å². The van der Waals surface area contributed by atoms with Crippen molar-refractivity contribution >= 4 is 6.08 Å². The van der Waals surface area contributed by atoms with E-state index in [1.165, 1.54) is 6.08 Å². The smallest absolute Gasteiger partial charge is 0.207 e. The van der Waals surface area contributed by atoms with Crippen molar-refractivity contribution in [2.24, 2.45) is 0 Å². The van der Waals surface area contributed by atoms with E-state index in [-0.39, 0.29) is 31.2 Å². The van der Waals surface area contributed by atoms with Gasteiger partial charge < -0.3 is 0 Å².